The lowest BCUT2D eigenvalue weighted by atomic mass is 9.90. The first-order valence-electron chi connectivity index (χ1n) is 11.1. The van der Waals surface area contributed by atoms with Crippen LogP contribution >= 0.6 is 0 Å². The maximum atomic E-state index is 13.9. The van der Waals surface area contributed by atoms with Gasteiger partial charge < -0.3 is 14.4 Å². The molecular formula is C24H17F4N5O3. The maximum Gasteiger partial charge on any atom is 0.387 e. The first kappa shape index (κ1) is 22.3. The standard InChI is InChI=1S/C24H17F4N5O3/c25-16-8-3-13(9-17(16)26)20-21(23(34)33(20)14-4-5-14)36-19-11-32-18(10-29-19)30-31-22(32)12-1-6-15(7-2-12)35-24(27)28/h1-3,6-11,14,20-21,24H,4-5H2/t20-,21+/m1/s1. The van der Waals surface area contributed by atoms with E-state index in [2.05, 4.69) is 19.9 Å². The Morgan fingerprint density at radius 3 is 2.47 bits per heavy atom. The molecule has 1 saturated carbocycles. The van der Waals surface area contributed by atoms with Crippen molar-refractivity contribution < 1.29 is 31.8 Å². The van der Waals surface area contributed by atoms with Crippen molar-refractivity contribution in [2.75, 3.05) is 0 Å². The third-order valence-electron chi connectivity index (χ3n) is 6.16. The van der Waals surface area contributed by atoms with Crippen LogP contribution < -0.4 is 9.47 Å². The van der Waals surface area contributed by atoms with Gasteiger partial charge >= 0.3 is 6.61 Å². The largest absolute Gasteiger partial charge is 0.461 e. The number of halogens is 4. The molecule has 8 nitrogen and oxygen atoms in total. The minimum Gasteiger partial charge on any atom is -0.461 e. The van der Waals surface area contributed by atoms with Crippen molar-refractivity contribution in [3.63, 3.8) is 0 Å². The molecule has 184 valence electrons. The quantitative estimate of drug-likeness (QED) is 0.281. The summed E-state index contributed by atoms with van der Waals surface area (Å²) >= 11 is 0. The highest BCUT2D eigenvalue weighted by Crippen LogP contribution is 2.45. The van der Waals surface area contributed by atoms with Gasteiger partial charge in [0.15, 0.2) is 23.1 Å². The van der Waals surface area contributed by atoms with E-state index in [-0.39, 0.29) is 23.6 Å². The number of fused-ring (bicyclic) bond motifs is 1. The van der Waals surface area contributed by atoms with Gasteiger partial charge in [-0.1, -0.05) is 6.07 Å². The second kappa shape index (κ2) is 8.47. The Labute approximate surface area is 201 Å². The van der Waals surface area contributed by atoms with Crippen molar-refractivity contribution in [3.8, 4) is 23.0 Å². The van der Waals surface area contributed by atoms with E-state index < -0.39 is 30.4 Å². The molecule has 2 aliphatic rings. The number of hydrogen-bond donors (Lipinski definition) is 0. The first-order valence-corrected chi connectivity index (χ1v) is 11.1. The number of rotatable bonds is 7. The zero-order valence-electron chi connectivity index (χ0n) is 18.4. The number of hydrogen-bond acceptors (Lipinski definition) is 6. The predicted octanol–water partition coefficient (Wildman–Crippen LogP) is 4.16. The first-order chi connectivity index (χ1) is 17.4. The summed E-state index contributed by atoms with van der Waals surface area (Å²) in [6, 6.07) is 8.88. The summed E-state index contributed by atoms with van der Waals surface area (Å²) in [4.78, 5) is 18.8. The Kier molecular flexibility index (Phi) is 5.23. The summed E-state index contributed by atoms with van der Waals surface area (Å²) in [5, 5.41) is 8.18. The molecule has 2 atom stereocenters. The number of alkyl halides is 2. The average Bonchev–Trinajstić information content (AvgIpc) is 3.60. The van der Waals surface area contributed by atoms with E-state index in [1.165, 1.54) is 30.6 Å². The van der Waals surface area contributed by atoms with Crippen LogP contribution in [0.15, 0.2) is 54.9 Å². The summed E-state index contributed by atoms with van der Waals surface area (Å²) in [5.74, 6) is -1.74. The SMILES string of the molecule is O=C1[C@@H](Oc2cn3c(-c4ccc(OC(F)F)cc4)nnc3cn2)[C@@H](c2ccc(F)c(F)c2)N1C1CC1. The van der Waals surface area contributed by atoms with Gasteiger partial charge in [0.25, 0.3) is 5.91 Å². The maximum absolute atomic E-state index is 13.9. The van der Waals surface area contributed by atoms with Crippen molar-refractivity contribution in [1.82, 2.24) is 24.5 Å². The van der Waals surface area contributed by atoms with Gasteiger partial charge in [0.05, 0.1) is 12.4 Å². The molecule has 1 aliphatic heterocycles. The fraction of sp³-hybridized carbons (Fsp3) is 0.250. The van der Waals surface area contributed by atoms with Gasteiger partial charge in [-0.25, -0.2) is 13.8 Å². The number of aromatic nitrogens is 4. The van der Waals surface area contributed by atoms with Crippen LogP contribution in [-0.4, -0.2) is 49.1 Å². The molecular weight excluding hydrogens is 482 g/mol. The molecule has 0 radical (unpaired) electrons. The van der Waals surface area contributed by atoms with Crippen LogP contribution in [0.4, 0.5) is 17.6 Å². The fourth-order valence-electron chi connectivity index (χ4n) is 4.35. The van der Waals surface area contributed by atoms with Crippen LogP contribution in [0.25, 0.3) is 17.0 Å². The number of benzene rings is 2. The van der Waals surface area contributed by atoms with E-state index in [1.807, 2.05) is 0 Å². The van der Waals surface area contributed by atoms with Crippen LogP contribution in [-0.2, 0) is 4.79 Å². The summed E-state index contributed by atoms with van der Waals surface area (Å²) < 4.78 is 64.2. The van der Waals surface area contributed by atoms with E-state index in [4.69, 9.17) is 4.74 Å². The Bertz CT molecular complexity index is 1460. The highest BCUT2D eigenvalue weighted by atomic mass is 19.3. The van der Waals surface area contributed by atoms with Crippen molar-refractivity contribution in [2.45, 2.75) is 37.6 Å². The van der Waals surface area contributed by atoms with Gasteiger partial charge in [-0.3, -0.25) is 9.20 Å². The molecule has 0 N–H and O–H groups in total. The normalized spacial score (nSPS) is 19.6. The summed E-state index contributed by atoms with van der Waals surface area (Å²) in [6.07, 6.45) is 3.63. The molecule has 2 fully saturated rings. The number of likely N-dealkylation sites (tertiary alicyclic amines) is 1. The molecule has 1 aliphatic carbocycles. The van der Waals surface area contributed by atoms with Gasteiger partial charge in [0.1, 0.15) is 11.8 Å². The van der Waals surface area contributed by atoms with Gasteiger partial charge in [0, 0.05) is 11.6 Å². The molecule has 0 spiro atoms. The molecule has 12 heteroatoms. The lowest BCUT2D eigenvalue weighted by Gasteiger charge is -2.46. The van der Waals surface area contributed by atoms with Crippen LogP contribution in [0.2, 0.25) is 0 Å². The third kappa shape index (κ3) is 3.88. The summed E-state index contributed by atoms with van der Waals surface area (Å²) in [7, 11) is 0. The van der Waals surface area contributed by atoms with Crippen molar-refractivity contribution in [1.29, 1.82) is 0 Å². The fourth-order valence-corrected chi connectivity index (χ4v) is 4.35. The second-order valence-electron chi connectivity index (χ2n) is 8.51. The minimum absolute atomic E-state index is 0.000226. The van der Waals surface area contributed by atoms with E-state index >= 15 is 0 Å². The number of carbonyl (C=O) groups is 1. The smallest absolute Gasteiger partial charge is 0.387 e. The number of nitrogens with zero attached hydrogens (tertiary/aromatic N) is 5. The van der Waals surface area contributed by atoms with Crippen LogP contribution in [0.5, 0.6) is 11.6 Å². The molecule has 4 aromatic rings. The third-order valence-corrected chi connectivity index (χ3v) is 6.16. The number of β-lactam (4-membered cyclic amide) rings is 1. The highest BCUT2D eigenvalue weighted by molar-refractivity contribution is 5.90. The van der Waals surface area contributed by atoms with Crippen LogP contribution in [0, 0.1) is 11.6 Å². The molecule has 2 aromatic heterocycles. The van der Waals surface area contributed by atoms with Crippen molar-refractivity contribution in [2.24, 2.45) is 0 Å². The van der Waals surface area contributed by atoms with E-state index in [0.717, 1.165) is 25.0 Å². The number of ether oxygens (including phenoxy) is 2. The Hall–Kier alpha value is -4.22. The zero-order valence-corrected chi connectivity index (χ0v) is 18.4. The van der Waals surface area contributed by atoms with E-state index in [0.29, 0.717) is 22.6 Å². The van der Waals surface area contributed by atoms with E-state index in [1.54, 1.807) is 21.4 Å². The number of carbonyl (C=O) groups excluding carboxylic acids is 1. The predicted molar refractivity (Wildman–Crippen MR) is 116 cm³/mol. The highest BCUT2D eigenvalue weighted by Gasteiger charge is 2.55. The van der Waals surface area contributed by atoms with Crippen molar-refractivity contribution in [3.05, 3.63) is 72.1 Å². The lowest BCUT2D eigenvalue weighted by molar-refractivity contribution is -0.165. The molecule has 36 heavy (non-hydrogen) atoms. The molecule has 2 aromatic carbocycles. The molecule has 1 amide bonds. The number of amides is 1. The van der Waals surface area contributed by atoms with Gasteiger partial charge in [0.2, 0.25) is 12.0 Å². The molecule has 3 heterocycles. The summed E-state index contributed by atoms with van der Waals surface area (Å²) in [6.45, 7) is -2.93. The minimum atomic E-state index is -2.93. The molecule has 1 saturated heterocycles. The van der Waals surface area contributed by atoms with Crippen molar-refractivity contribution >= 4 is 11.6 Å². The average molecular weight is 499 g/mol. The molecule has 6 rings (SSSR count). The molecule has 0 unspecified atom stereocenters. The second-order valence-corrected chi connectivity index (χ2v) is 8.51. The lowest BCUT2D eigenvalue weighted by Crippen LogP contribution is -2.62. The Morgan fingerprint density at radius 2 is 1.78 bits per heavy atom. The van der Waals surface area contributed by atoms with Gasteiger partial charge in [-0.15, -0.1) is 10.2 Å². The van der Waals surface area contributed by atoms with Gasteiger partial charge in [-0.2, -0.15) is 8.78 Å². The van der Waals surface area contributed by atoms with E-state index in [9.17, 15) is 22.4 Å². The molecule has 0 bridgehead atoms. The summed E-state index contributed by atoms with van der Waals surface area (Å²) in [5.41, 5.74) is 1.39. The monoisotopic (exact) mass is 499 g/mol. The Morgan fingerprint density at radius 1 is 1.00 bits per heavy atom. The van der Waals surface area contributed by atoms with Crippen LogP contribution in [0.1, 0.15) is 24.4 Å². The van der Waals surface area contributed by atoms with Gasteiger partial charge in [-0.05, 0) is 54.8 Å². The Balaban J connectivity index is 1.29. The zero-order chi connectivity index (χ0) is 25.0. The van der Waals surface area contributed by atoms with Crippen LogP contribution in [0.3, 0.4) is 0 Å². The topological polar surface area (TPSA) is 81.8 Å².